The van der Waals surface area contributed by atoms with Gasteiger partial charge in [0.05, 0.1) is 5.56 Å². The topological polar surface area (TPSA) is 63.1 Å². The smallest absolute Gasteiger partial charge is 0.355 e. The molecule has 0 spiro atoms. The number of hydrogen-bond donors (Lipinski definition) is 1. The molecule has 0 aliphatic carbocycles. The lowest BCUT2D eigenvalue weighted by Crippen LogP contribution is -2.02. The van der Waals surface area contributed by atoms with Gasteiger partial charge in [-0.05, 0) is 30.2 Å². The summed E-state index contributed by atoms with van der Waals surface area (Å²) in [7, 11) is 0. The van der Waals surface area contributed by atoms with Gasteiger partial charge in [-0.1, -0.05) is 12.0 Å². The van der Waals surface area contributed by atoms with Crippen molar-refractivity contribution in [3.8, 4) is 11.8 Å². The SMILES string of the molecule is O=C(O)c1ncccc1C#Cc1ccccn1. The van der Waals surface area contributed by atoms with Crippen LogP contribution < -0.4 is 0 Å². The Morgan fingerprint density at radius 2 is 1.88 bits per heavy atom. The van der Waals surface area contributed by atoms with Gasteiger partial charge in [0.1, 0.15) is 5.69 Å². The van der Waals surface area contributed by atoms with Crippen LogP contribution in [0.5, 0.6) is 0 Å². The Morgan fingerprint density at radius 1 is 1.06 bits per heavy atom. The molecule has 4 nitrogen and oxygen atoms in total. The Labute approximate surface area is 98.0 Å². The molecule has 2 aromatic heterocycles. The van der Waals surface area contributed by atoms with Crippen molar-refractivity contribution >= 4 is 5.97 Å². The fourth-order valence-corrected chi connectivity index (χ4v) is 1.24. The standard InChI is InChI=1S/C13H8N2O2/c16-13(17)12-10(4-3-9-15-12)6-7-11-5-1-2-8-14-11/h1-5,8-9H,(H,16,17). The van der Waals surface area contributed by atoms with Crippen LogP contribution in [0.4, 0.5) is 0 Å². The largest absolute Gasteiger partial charge is 0.476 e. The molecular weight excluding hydrogens is 216 g/mol. The highest BCUT2D eigenvalue weighted by Gasteiger charge is 2.08. The summed E-state index contributed by atoms with van der Waals surface area (Å²) in [5, 5.41) is 8.92. The van der Waals surface area contributed by atoms with Crippen LogP contribution in [0.2, 0.25) is 0 Å². The summed E-state index contributed by atoms with van der Waals surface area (Å²) in [6.07, 6.45) is 3.06. The summed E-state index contributed by atoms with van der Waals surface area (Å²) < 4.78 is 0. The van der Waals surface area contributed by atoms with Crippen molar-refractivity contribution in [3.63, 3.8) is 0 Å². The molecule has 0 bridgehead atoms. The Hall–Kier alpha value is -2.67. The summed E-state index contributed by atoms with van der Waals surface area (Å²) in [6, 6.07) is 8.63. The zero-order valence-electron chi connectivity index (χ0n) is 8.79. The van der Waals surface area contributed by atoms with Crippen molar-refractivity contribution in [2.24, 2.45) is 0 Å². The summed E-state index contributed by atoms with van der Waals surface area (Å²) in [4.78, 5) is 18.7. The molecule has 0 atom stereocenters. The summed E-state index contributed by atoms with van der Waals surface area (Å²) >= 11 is 0. The van der Waals surface area contributed by atoms with Gasteiger partial charge < -0.3 is 5.11 Å². The summed E-state index contributed by atoms with van der Waals surface area (Å²) in [6.45, 7) is 0. The number of carbonyl (C=O) groups is 1. The number of pyridine rings is 2. The average molecular weight is 224 g/mol. The molecule has 0 radical (unpaired) electrons. The van der Waals surface area contributed by atoms with Crippen molar-refractivity contribution in [1.29, 1.82) is 0 Å². The number of aromatic carboxylic acids is 1. The predicted molar refractivity (Wildman–Crippen MR) is 61.4 cm³/mol. The van der Waals surface area contributed by atoms with Gasteiger partial charge in [-0.2, -0.15) is 0 Å². The quantitative estimate of drug-likeness (QED) is 0.747. The molecule has 1 N–H and O–H groups in total. The number of carboxylic acid groups (broad SMARTS) is 1. The van der Waals surface area contributed by atoms with E-state index in [1.165, 1.54) is 6.20 Å². The van der Waals surface area contributed by atoms with E-state index in [2.05, 4.69) is 21.8 Å². The molecular formula is C13H8N2O2. The first kappa shape index (κ1) is 10.8. The zero-order valence-corrected chi connectivity index (χ0v) is 8.79. The van der Waals surface area contributed by atoms with Crippen molar-refractivity contribution in [1.82, 2.24) is 9.97 Å². The maximum absolute atomic E-state index is 10.9. The first-order chi connectivity index (χ1) is 8.27. The minimum Gasteiger partial charge on any atom is -0.476 e. The lowest BCUT2D eigenvalue weighted by atomic mass is 10.2. The van der Waals surface area contributed by atoms with Crippen molar-refractivity contribution in [2.75, 3.05) is 0 Å². The van der Waals surface area contributed by atoms with Crippen LogP contribution >= 0.6 is 0 Å². The molecule has 0 unspecified atom stereocenters. The minimum atomic E-state index is -1.09. The van der Waals surface area contributed by atoms with Gasteiger partial charge in [0.25, 0.3) is 0 Å². The van der Waals surface area contributed by atoms with Crippen LogP contribution in [0.25, 0.3) is 0 Å². The third-order valence-electron chi connectivity index (χ3n) is 2.00. The molecule has 82 valence electrons. The minimum absolute atomic E-state index is 0.0454. The monoisotopic (exact) mass is 224 g/mol. The maximum atomic E-state index is 10.9. The molecule has 2 aromatic rings. The Morgan fingerprint density at radius 3 is 2.59 bits per heavy atom. The van der Waals surface area contributed by atoms with Gasteiger partial charge >= 0.3 is 5.97 Å². The third-order valence-corrected chi connectivity index (χ3v) is 2.00. The second-order valence-electron chi connectivity index (χ2n) is 3.17. The van der Waals surface area contributed by atoms with Gasteiger partial charge in [-0.25, -0.2) is 14.8 Å². The molecule has 0 aromatic carbocycles. The molecule has 0 fully saturated rings. The fraction of sp³-hybridized carbons (Fsp3) is 0. The molecule has 0 amide bonds. The lowest BCUT2D eigenvalue weighted by Gasteiger charge is -1.95. The van der Waals surface area contributed by atoms with E-state index in [9.17, 15) is 4.79 Å². The van der Waals surface area contributed by atoms with Gasteiger partial charge in [0, 0.05) is 12.4 Å². The first-order valence-electron chi connectivity index (χ1n) is 4.89. The third kappa shape index (κ3) is 2.67. The molecule has 0 saturated carbocycles. The Bertz CT molecular complexity index is 598. The van der Waals surface area contributed by atoms with Crippen LogP contribution in [0.1, 0.15) is 21.7 Å². The van der Waals surface area contributed by atoms with E-state index < -0.39 is 5.97 Å². The summed E-state index contributed by atoms with van der Waals surface area (Å²) in [5.74, 6) is 4.46. The number of carboxylic acids is 1. The van der Waals surface area contributed by atoms with Gasteiger partial charge in [0.2, 0.25) is 0 Å². The molecule has 17 heavy (non-hydrogen) atoms. The van der Waals surface area contributed by atoms with Gasteiger partial charge in [-0.3, -0.25) is 0 Å². The predicted octanol–water partition coefficient (Wildman–Crippen LogP) is 1.57. The van der Waals surface area contributed by atoms with E-state index in [4.69, 9.17) is 5.11 Å². The zero-order chi connectivity index (χ0) is 12.1. The molecule has 2 rings (SSSR count). The number of hydrogen-bond acceptors (Lipinski definition) is 3. The molecule has 0 aliphatic heterocycles. The van der Waals surface area contributed by atoms with Gasteiger partial charge in [0.15, 0.2) is 5.69 Å². The highest BCUT2D eigenvalue weighted by molar-refractivity contribution is 5.88. The van der Waals surface area contributed by atoms with E-state index in [-0.39, 0.29) is 5.69 Å². The highest BCUT2D eigenvalue weighted by atomic mass is 16.4. The van der Waals surface area contributed by atoms with Crippen LogP contribution in [-0.4, -0.2) is 21.0 Å². The van der Waals surface area contributed by atoms with E-state index in [1.54, 1.807) is 30.5 Å². The molecule has 2 heterocycles. The normalized spacial score (nSPS) is 9.18. The number of aromatic nitrogens is 2. The summed E-state index contributed by atoms with van der Waals surface area (Å²) in [5.41, 5.74) is 0.925. The van der Waals surface area contributed by atoms with E-state index in [1.807, 2.05) is 6.07 Å². The van der Waals surface area contributed by atoms with E-state index in [0.29, 0.717) is 11.3 Å². The maximum Gasteiger partial charge on any atom is 0.355 e. The molecule has 0 saturated heterocycles. The van der Waals surface area contributed by atoms with Gasteiger partial charge in [-0.15, -0.1) is 0 Å². The van der Waals surface area contributed by atoms with E-state index >= 15 is 0 Å². The van der Waals surface area contributed by atoms with Crippen molar-refractivity contribution < 1.29 is 9.90 Å². The second kappa shape index (κ2) is 4.90. The average Bonchev–Trinajstić information content (AvgIpc) is 2.38. The first-order valence-corrected chi connectivity index (χ1v) is 4.89. The van der Waals surface area contributed by atoms with Crippen LogP contribution in [0.15, 0.2) is 42.7 Å². The van der Waals surface area contributed by atoms with Crippen LogP contribution in [0, 0.1) is 11.8 Å². The highest BCUT2D eigenvalue weighted by Crippen LogP contribution is 2.03. The molecule has 4 heteroatoms. The van der Waals surface area contributed by atoms with Crippen LogP contribution in [0.3, 0.4) is 0 Å². The Kier molecular flexibility index (Phi) is 3.13. The fourth-order valence-electron chi connectivity index (χ4n) is 1.24. The lowest BCUT2D eigenvalue weighted by molar-refractivity contribution is 0.0690. The number of nitrogens with zero attached hydrogens (tertiary/aromatic N) is 2. The number of rotatable bonds is 1. The van der Waals surface area contributed by atoms with Crippen molar-refractivity contribution in [3.05, 3.63) is 59.7 Å². The van der Waals surface area contributed by atoms with Crippen molar-refractivity contribution in [2.45, 2.75) is 0 Å². The molecule has 0 aliphatic rings. The van der Waals surface area contributed by atoms with E-state index in [0.717, 1.165) is 0 Å². The second-order valence-corrected chi connectivity index (χ2v) is 3.17. The van der Waals surface area contributed by atoms with Crippen LogP contribution in [-0.2, 0) is 0 Å². The Balaban J connectivity index is 2.38.